The van der Waals surface area contributed by atoms with E-state index in [1.165, 1.54) is 18.9 Å². The van der Waals surface area contributed by atoms with Gasteiger partial charge in [0.15, 0.2) is 5.17 Å². The van der Waals surface area contributed by atoms with Gasteiger partial charge < -0.3 is 14.6 Å². The second kappa shape index (κ2) is 9.52. The number of hydrogen-bond acceptors (Lipinski definition) is 5. The normalized spacial score (nSPS) is 15.8. The Morgan fingerprint density at radius 3 is 2.62 bits per heavy atom. The number of methoxy groups -OCH3 is 1. The lowest BCUT2D eigenvalue weighted by Crippen LogP contribution is -2.19. The zero-order valence-electron chi connectivity index (χ0n) is 19.5. The summed E-state index contributed by atoms with van der Waals surface area (Å²) in [5.41, 5.74) is 6.95. The number of benzene rings is 2. The Hall–Kier alpha value is -3.29. The first-order valence-electron chi connectivity index (χ1n) is 10.6. The number of nitrogens with one attached hydrogen (secondary N) is 1. The van der Waals surface area contributed by atoms with Gasteiger partial charge in [-0.05, 0) is 98.6 Å². The lowest BCUT2D eigenvalue weighted by Gasteiger charge is -2.14. The molecular formula is C26H24ClN3O3S. The Balaban J connectivity index is 1.66. The van der Waals surface area contributed by atoms with Crippen molar-refractivity contribution in [1.82, 2.24) is 9.88 Å². The number of amides is 1. The minimum atomic E-state index is -0.365. The van der Waals surface area contributed by atoms with Crippen molar-refractivity contribution in [2.45, 2.75) is 27.7 Å². The van der Waals surface area contributed by atoms with Crippen LogP contribution in [0.15, 0.2) is 52.4 Å². The average Bonchev–Trinajstić information content (AvgIpc) is 3.28. The Kier molecular flexibility index (Phi) is 6.68. The molecule has 0 atom stereocenters. The fourth-order valence-electron chi connectivity index (χ4n) is 3.90. The Morgan fingerprint density at radius 1 is 1.15 bits per heavy atom. The predicted octanol–water partition coefficient (Wildman–Crippen LogP) is 6.04. The molecule has 2 aromatic carbocycles. The van der Waals surface area contributed by atoms with E-state index >= 15 is 0 Å². The second-order valence-electron chi connectivity index (χ2n) is 8.02. The molecule has 0 bridgehead atoms. The van der Waals surface area contributed by atoms with E-state index in [0.29, 0.717) is 20.7 Å². The number of aliphatic imine (C=N–C) groups is 1. The third-order valence-electron chi connectivity index (χ3n) is 5.73. The summed E-state index contributed by atoms with van der Waals surface area (Å²) in [6.45, 7) is 7.88. The summed E-state index contributed by atoms with van der Waals surface area (Å²) >= 11 is 7.49. The molecule has 0 saturated carbocycles. The summed E-state index contributed by atoms with van der Waals surface area (Å²) in [5, 5.41) is 3.99. The average molecular weight is 494 g/mol. The third-order valence-corrected chi connectivity index (χ3v) is 7.05. The van der Waals surface area contributed by atoms with Crippen LogP contribution >= 0.6 is 23.4 Å². The molecule has 0 unspecified atom stereocenters. The second-order valence-corrected chi connectivity index (χ2v) is 9.46. The highest BCUT2D eigenvalue weighted by Crippen LogP contribution is 2.33. The van der Waals surface area contributed by atoms with Crippen molar-refractivity contribution in [3.63, 3.8) is 0 Å². The standard InChI is InChI=1S/C26H24ClN3O3S/c1-14-11-18(25(32)33-5)9-10-22(14)30-15(2)12-19(17(30)4)13-23-24(31)29-26(34-23)28-21-8-6-7-20(27)16(21)3/h6-13H,1-5H3,(H,28,29,31)/b23-13+. The smallest absolute Gasteiger partial charge is 0.337 e. The number of thioether (sulfide) groups is 1. The molecule has 0 radical (unpaired) electrons. The van der Waals surface area contributed by atoms with Crippen molar-refractivity contribution in [2.24, 2.45) is 4.99 Å². The first-order chi connectivity index (χ1) is 16.2. The molecule has 6 nitrogen and oxygen atoms in total. The number of rotatable bonds is 4. The highest BCUT2D eigenvalue weighted by Gasteiger charge is 2.25. The van der Waals surface area contributed by atoms with Gasteiger partial charge >= 0.3 is 5.97 Å². The first kappa shape index (κ1) is 23.9. The van der Waals surface area contributed by atoms with Crippen LogP contribution in [0.4, 0.5) is 5.69 Å². The quantitative estimate of drug-likeness (QED) is 0.355. The molecule has 0 aliphatic carbocycles. The number of aryl methyl sites for hydroxylation is 2. The monoisotopic (exact) mass is 493 g/mol. The number of aromatic nitrogens is 1. The molecule has 1 aliphatic rings. The molecule has 1 fully saturated rings. The van der Waals surface area contributed by atoms with Crippen LogP contribution in [0, 0.1) is 27.7 Å². The summed E-state index contributed by atoms with van der Waals surface area (Å²) in [6, 6.07) is 13.0. The van der Waals surface area contributed by atoms with Gasteiger partial charge in [-0.15, -0.1) is 0 Å². The molecule has 1 saturated heterocycles. The molecule has 174 valence electrons. The lowest BCUT2D eigenvalue weighted by atomic mass is 10.1. The minimum Gasteiger partial charge on any atom is -0.465 e. The molecule has 1 aliphatic heterocycles. The van der Waals surface area contributed by atoms with Crippen LogP contribution in [0.3, 0.4) is 0 Å². The molecular weight excluding hydrogens is 470 g/mol. The number of esters is 1. The SMILES string of the molecule is COC(=O)c1ccc(-n2c(C)cc(/C=C3/SC(=Nc4cccc(Cl)c4C)NC3=O)c2C)c(C)c1. The Bertz CT molecular complexity index is 1390. The van der Waals surface area contributed by atoms with Crippen LogP contribution in [-0.2, 0) is 9.53 Å². The maximum Gasteiger partial charge on any atom is 0.337 e. The number of carbonyl (C=O) groups excluding carboxylic acids is 2. The lowest BCUT2D eigenvalue weighted by molar-refractivity contribution is -0.115. The van der Waals surface area contributed by atoms with Crippen molar-refractivity contribution in [2.75, 3.05) is 7.11 Å². The summed E-state index contributed by atoms with van der Waals surface area (Å²) < 4.78 is 6.94. The molecule has 8 heteroatoms. The van der Waals surface area contributed by atoms with E-state index in [1.807, 2.05) is 70.2 Å². The van der Waals surface area contributed by atoms with Crippen LogP contribution in [0.1, 0.15) is 38.4 Å². The number of amidine groups is 1. The molecule has 34 heavy (non-hydrogen) atoms. The molecule has 3 aromatic rings. The molecule has 1 N–H and O–H groups in total. The van der Waals surface area contributed by atoms with Crippen molar-refractivity contribution >= 4 is 52.2 Å². The highest BCUT2D eigenvalue weighted by molar-refractivity contribution is 8.18. The fourth-order valence-corrected chi connectivity index (χ4v) is 4.90. The summed E-state index contributed by atoms with van der Waals surface area (Å²) in [4.78, 5) is 29.6. The van der Waals surface area contributed by atoms with E-state index < -0.39 is 0 Å². The summed E-state index contributed by atoms with van der Waals surface area (Å²) in [6.07, 6.45) is 1.88. The number of halogens is 1. The van der Waals surface area contributed by atoms with Crippen LogP contribution in [-0.4, -0.2) is 28.7 Å². The fraction of sp³-hybridized carbons (Fsp3) is 0.192. The van der Waals surface area contributed by atoms with Gasteiger partial charge in [0, 0.05) is 22.1 Å². The zero-order valence-corrected chi connectivity index (χ0v) is 21.1. The predicted molar refractivity (Wildman–Crippen MR) is 138 cm³/mol. The van der Waals surface area contributed by atoms with Gasteiger partial charge in [-0.1, -0.05) is 17.7 Å². The van der Waals surface area contributed by atoms with Gasteiger partial charge in [-0.25, -0.2) is 9.79 Å². The summed E-state index contributed by atoms with van der Waals surface area (Å²) in [5.74, 6) is -0.553. The Morgan fingerprint density at radius 2 is 1.91 bits per heavy atom. The number of hydrogen-bond donors (Lipinski definition) is 1. The van der Waals surface area contributed by atoms with Crippen molar-refractivity contribution < 1.29 is 14.3 Å². The van der Waals surface area contributed by atoms with E-state index in [4.69, 9.17) is 16.3 Å². The van der Waals surface area contributed by atoms with Crippen LogP contribution in [0.5, 0.6) is 0 Å². The Labute approximate surface area is 207 Å². The van der Waals surface area contributed by atoms with Gasteiger partial charge in [0.05, 0.1) is 23.3 Å². The van der Waals surface area contributed by atoms with Crippen molar-refractivity contribution in [3.05, 3.63) is 86.0 Å². The highest BCUT2D eigenvalue weighted by atomic mass is 35.5. The van der Waals surface area contributed by atoms with Gasteiger partial charge in [0.1, 0.15) is 0 Å². The van der Waals surface area contributed by atoms with E-state index in [-0.39, 0.29) is 11.9 Å². The van der Waals surface area contributed by atoms with Gasteiger partial charge in [-0.3, -0.25) is 4.79 Å². The van der Waals surface area contributed by atoms with Gasteiger partial charge in [0.25, 0.3) is 5.91 Å². The van der Waals surface area contributed by atoms with Crippen LogP contribution < -0.4 is 5.32 Å². The third kappa shape index (κ3) is 4.54. The largest absolute Gasteiger partial charge is 0.465 e. The van der Waals surface area contributed by atoms with E-state index in [0.717, 1.165) is 39.5 Å². The minimum absolute atomic E-state index is 0.188. The van der Waals surface area contributed by atoms with Crippen LogP contribution in [0.25, 0.3) is 11.8 Å². The molecule has 1 amide bonds. The topological polar surface area (TPSA) is 72.7 Å². The number of ether oxygens (including phenoxy) is 1. The first-order valence-corrected chi connectivity index (χ1v) is 11.8. The maximum atomic E-state index is 12.6. The summed E-state index contributed by atoms with van der Waals surface area (Å²) in [7, 11) is 1.37. The van der Waals surface area contributed by atoms with Crippen molar-refractivity contribution in [3.8, 4) is 5.69 Å². The molecule has 4 rings (SSSR count). The molecule has 1 aromatic heterocycles. The van der Waals surface area contributed by atoms with E-state index in [1.54, 1.807) is 6.07 Å². The number of carbonyl (C=O) groups is 2. The zero-order chi connectivity index (χ0) is 24.6. The molecule has 2 heterocycles. The van der Waals surface area contributed by atoms with E-state index in [9.17, 15) is 9.59 Å². The van der Waals surface area contributed by atoms with Gasteiger partial charge in [-0.2, -0.15) is 0 Å². The molecule has 0 spiro atoms. The van der Waals surface area contributed by atoms with Crippen LogP contribution in [0.2, 0.25) is 5.02 Å². The van der Waals surface area contributed by atoms with Crippen molar-refractivity contribution in [1.29, 1.82) is 0 Å². The van der Waals surface area contributed by atoms with Gasteiger partial charge in [0.2, 0.25) is 0 Å². The maximum absolute atomic E-state index is 12.6. The number of nitrogens with zero attached hydrogens (tertiary/aromatic N) is 2. The van der Waals surface area contributed by atoms with E-state index in [2.05, 4.69) is 14.9 Å².